The number of hydrogen-bond acceptors (Lipinski definition) is 3. The Morgan fingerprint density at radius 2 is 1.47 bits per heavy atom. The molecule has 0 saturated carbocycles. The van der Waals surface area contributed by atoms with Crippen molar-refractivity contribution in [3.8, 4) is 0 Å². The molecule has 0 N–H and O–H groups in total. The number of para-hydroxylation sites is 1. The van der Waals surface area contributed by atoms with Crippen molar-refractivity contribution in [1.29, 1.82) is 0 Å². The number of hydrogen-bond donors (Lipinski definition) is 0. The fourth-order valence-corrected chi connectivity index (χ4v) is 4.29. The van der Waals surface area contributed by atoms with Gasteiger partial charge in [-0.3, -0.25) is 9.59 Å². The summed E-state index contributed by atoms with van der Waals surface area (Å²) in [6.45, 7) is 0.468. The highest BCUT2D eigenvalue weighted by molar-refractivity contribution is 6.46. The van der Waals surface area contributed by atoms with Crippen LogP contribution in [0.15, 0.2) is 72.4 Å². The molecule has 32 heavy (non-hydrogen) atoms. The van der Waals surface area contributed by atoms with Gasteiger partial charge in [0.15, 0.2) is 0 Å². The number of fused-ring (bicyclic) bond motifs is 1. The Bertz CT molecular complexity index is 1280. The van der Waals surface area contributed by atoms with Gasteiger partial charge >= 0.3 is 0 Å². The SMILES string of the molecule is O=C1C(c2ccc(F)cc2)=C(N2CCCc3ccccc32)C(=O)N1c1cc(F)ccc1F. The van der Waals surface area contributed by atoms with E-state index in [1.165, 1.54) is 24.3 Å². The number of amides is 2. The van der Waals surface area contributed by atoms with Gasteiger partial charge in [0, 0.05) is 18.3 Å². The van der Waals surface area contributed by atoms with Crippen LogP contribution >= 0.6 is 0 Å². The summed E-state index contributed by atoms with van der Waals surface area (Å²) in [6.07, 6.45) is 1.56. The molecule has 2 amide bonds. The van der Waals surface area contributed by atoms with E-state index in [0.29, 0.717) is 17.0 Å². The Balaban J connectivity index is 1.72. The third-order valence-electron chi connectivity index (χ3n) is 5.72. The molecule has 0 spiro atoms. The summed E-state index contributed by atoms with van der Waals surface area (Å²) in [5.74, 6) is -3.71. The monoisotopic (exact) mass is 434 g/mol. The van der Waals surface area contributed by atoms with Crippen molar-refractivity contribution in [2.75, 3.05) is 16.3 Å². The molecule has 7 heteroatoms. The van der Waals surface area contributed by atoms with Crippen LogP contribution in [0.2, 0.25) is 0 Å². The second-order valence-corrected chi connectivity index (χ2v) is 7.66. The fraction of sp³-hybridized carbons (Fsp3) is 0.120. The van der Waals surface area contributed by atoms with Crippen LogP contribution in [-0.2, 0) is 16.0 Å². The predicted octanol–water partition coefficient (Wildman–Crippen LogP) is 4.84. The van der Waals surface area contributed by atoms with E-state index in [-0.39, 0.29) is 11.3 Å². The van der Waals surface area contributed by atoms with Gasteiger partial charge in [0.25, 0.3) is 11.8 Å². The zero-order chi connectivity index (χ0) is 22.4. The first kappa shape index (κ1) is 20.1. The summed E-state index contributed by atoms with van der Waals surface area (Å²) >= 11 is 0. The van der Waals surface area contributed by atoms with Crippen molar-refractivity contribution in [3.05, 3.63) is 101 Å². The molecule has 2 aliphatic rings. The average Bonchev–Trinajstić information content (AvgIpc) is 3.05. The Kier molecular flexibility index (Phi) is 4.81. The van der Waals surface area contributed by atoms with E-state index < -0.39 is 35.0 Å². The molecule has 3 aromatic carbocycles. The Labute approximate surface area is 182 Å². The van der Waals surface area contributed by atoms with E-state index >= 15 is 0 Å². The molecular formula is C25H17F3N2O2. The Morgan fingerprint density at radius 3 is 2.25 bits per heavy atom. The zero-order valence-electron chi connectivity index (χ0n) is 16.8. The van der Waals surface area contributed by atoms with Gasteiger partial charge in [-0.15, -0.1) is 0 Å². The minimum absolute atomic E-state index is 0.0235. The number of imide groups is 1. The summed E-state index contributed by atoms with van der Waals surface area (Å²) in [7, 11) is 0. The first-order valence-electron chi connectivity index (χ1n) is 10.1. The van der Waals surface area contributed by atoms with E-state index in [1.807, 2.05) is 24.3 Å². The van der Waals surface area contributed by atoms with Gasteiger partial charge in [-0.2, -0.15) is 0 Å². The predicted molar refractivity (Wildman–Crippen MR) is 114 cm³/mol. The lowest BCUT2D eigenvalue weighted by Crippen LogP contribution is -2.37. The lowest BCUT2D eigenvalue weighted by Gasteiger charge is -2.32. The number of anilines is 2. The molecule has 160 valence electrons. The topological polar surface area (TPSA) is 40.6 Å². The maximum absolute atomic E-state index is 14.6. The largest absolute Gasteiger partial charge is 0.336 e. The van der Waals surface area contributed by atoms with Gasteiger partial charge in [-0.1, -0.05) is 30.3 Å². The van der Waals surface area contributed by atoms with Crippen LogP contribution in [-0.4, -0.2) is 18.4 Å². The molecule has 0 atom stereocenters. The van der Waals surface area contributed by atoms with Crippen LogP contribution in [0, 0.1) is 17.5 Å². The minimum Gasteiger partial charge on any atom is -0.336 e. The summed E-state index contributed by atoms with van der Waals surface area (Å²) in [4.78, 5) is 29.5. The highest BCUT2D eigenvalue weighted by atomic mass is 19.1. The smallest absolute Gasteiger partial charge is 0.282 e. The van der Waals surface area contributed by atoms with E-state index in [0.717, 1.165) is 42.3 Å². The number of carbonyl (C=O) groups excluding carboxylic acids is 2. The van der Waals surface area contributed by atoms with Crippen molar-refractivity contribution in [3.63, 3.8) is 0 Å². The van der Waals surface area contributed by atoms with E-state index in [1.54, 1.807) is 4.90 Å². The molecule has 0 unspecified atom stereocenters. The number of rotatable bonds is 3. The molecule has 4 nitrogen and oxygen atoms in total. The Hall–Kier alpha value is -3.87. The van der Waals surface area contributed by atoms with Crippen LogP contribution in [0.1, 0.15) is 17.5 Å². The van der Waals surface area contributed by atoms with Gasteiger partial charge in [0.1, 0.15) is 23.1 Å². The standard InChI is InChI=1S/C25H17F3N2O2/c26-17-9-7-16(8-10-17)22-23(29-13-3-5-15-4-1-2-6-20(15)29)25(32)30(24(22)31)21-14-18(27)11-12-19(21)28/h1-2,4,6-12,14H,3,5,13H2. The number of benzene rings is 3. The average molecular weight is 434 g/mol. The van der Waals surface area contributed by atoms with Crippen LogP contribution in [0.25, 0.3) is 5.57 Å². The van der Waals surface area contributed by atoms with Gasteiger partial charge in [0.05, 0.1) is 11.3 Å². The Morgan fingerprint density at radius 1 is 0.750 bits per heavy atom. The molecule has 3 aromatic rings. The zero-order valence-corrected chi connectivity index (χ0v) is 16.8. The van der Waals surface area contributed by atoms with E-state index in [2.05, 4.69) is 0 Å². The third kappa shape index (κ3) is 3.17. The van der Waals surface area contributed by atoms with Crippen LogP contribution in [0.3, 0.4) is 0 Å². The molecule has 5 rings (SSSR count). The summed E-state index contributed by atoms with van der Waals surface area (Å²) in [5, 5.41) is 0. The maximum Gasteiger partial charge on any atom is 0.282 e. The lowest BCUT2D eigenvalue weighted by atomic mass is 9.98. The quantitative estimate of drug-likeness (QED) is 0.554. The molecular weight excluding hydrogens is 417 g/mol. The van der Waals surface area contributed by atoms with E-state index in [9.17, 15) is 22.8 Å². The fourth-order valence-electron chi connectivity index (χ4n) is 4.29. The molecule has 0 fully saturated rings. The van der Waals surface area contributed by atoms with Crippen molar-refractivity contribution in [2.24, 2.45) is 0 Å². The lowest BCUT2D eigenvalue weighted by molar-refractivity contribution is -0.120. The van der Waals surface area contributed by atoms with Crippen molar-refractivity contribution in [2.45, 2.75) is 12.8 Å². The van der Waals surface area contributed by atoms with Crippen molar-refractivity contribution in [1.82, 2.24) is 0 Å². The second-order valence-electron chi connectivity index (χ2n) is 7.66. The number of aryl methyl sites for hydroxylation is 1. The van der Waals surface area contributed by atoms with Crippen LogP contribution < -0.4 is 9.80 Å². The number of halogens is 3. The summed E-state index contributed by atoms with van der Waals surface area (Å²) < 4.78 is 42.0. The van der Waals surface area contributed by atoms with Gasteiger partial charge in [0.2, 0.25) is 0 Å². The van der Waals surface area contributed by atoms with Crippen LogP contribution in [0.4, 0.5) is 24.5 Å². The van der Waals surface area contributed by atoms with E-state index in [4.69, 9.17) is 0 Å². The van der Waals surface area contributed by atoms with Crippen LogP contribution in [0.5, 0.6) is 0 Å². The summed E-state index contributed by atoms with van der Waals surface area (Å²) in [6, 6.07) is 15.3. The van der Waals surface area contributed by atoms with Crippen molar-refractivity contribution >= 4 is 28.8 Å². The molecule has 0 aromatic heterocycles. The molecule has 0 aliphatic carbocycles. The first-order chi connectivity index (χ1) is 15.5. The molecule has 0 saturated heterocycles. The highest BCUT2D eigenvalue weighted by Gasteiger charge is 2.44. The second kappa shape index (κ2) is 7.67. The molecule has 0 bridgehead atoms. The van der Waals surface area contributed by atoms with Crippen molar-refractivity contribution < 1.29 is 22.8 Å². The summed E-state index contributed by atoms with van der Waals surface area (Å²) in [5.41, 5.74) is 1.74. The normalized spacial score (nSPS) is 16.1. The number of carbonyl (C=O) groups is 2. The number of nitrogens with zero attached hydrogens (tertiary/aromatic N) is 2. The minimum atomic E-state index is -0.896. The van der Waals surface area contributed by atoms with Gasteiger partial charge < -0.3 is 4.90 Å². The third-order valence-corrected chi connectivity index (χ3v) is 5.72. The maximum atomic E-state index is 14.6. The highest BCUT2D eigenvalue weighted by Crippen LogP contribution is 2.40. The molecule has 2 aliphatic heterocycles. The molecule has 0 radical (unpaired) electrons. The van der Waals surface area contributed by atoms with Gasteiger partial charge in [-0.25, -0.2) is 18.1 Å². The van der Waals surface area contributed by atoms with Gasteiger partial charge in [-0.05, 0) is 54.3 Å². The first-order valence-corrected chi connectivity index (χ1v) is 10.1. The molecule has 2 heterocycles.